The van der Waals surface area contributed by atoms with E-state index in [1.807, 2.05) is 12.1 Å². The maximum atomic E-state index is 9.52. The molecule has 0 aromatic heterocycles. The summed E-state index contributed by atoms with van der Waals surface area (Å²) < 4.78 is 0.777. The van der Waals surface area contributed by atoms with Crippen molar-refractivity contribution < 1.29 is 5.11 Å². The number of halogens is 1. The van der Waals surface area contributed by atoms with Gasteiger partial charge in [-0.15, -0.1) is 0 Å². The van der Waals surface area contributed by atoms with Gasteiger partial charge in [0.1, 0.15) is 5.75 Å². The van der Waals surface area contributed by atoms with E-state index in [1.165, 1.54) is 5.56 Å². The zero-order valence-electron chi connectivity index (χ0n) is 12.3. The SMILES string of the molecule is CN(C)CCN1CCN(Cc2ccc(O)c(Br)c2)CC1. The van der Waals surface area contributed by atoms with E-state index in [4.69, 9.17) is 0 Å². The molecule has 1 heterocycles. The first kappa shape index (κ1) is 15.8. The monoisotopic (exact) mass is 341 g/mol. The topological polar surface area (TPSA) is 30.0 Å². The molecule has 0 amide bonds. The van der Waals surface area contributed by atoms with Gasteiger partial charge in [-0.1, -0.05) is 6.07 Å². The lowest BCUT2D eigenvalue weighted by Gasteiger charge is -2.35. The molecule has 1 aromatic carbocycles. The van der Waals surface area contributed by atoms with Crippen LogP contribution in [0.15, 0.2) is 22.7 Å². The summed E-state index contributed by atoms with van der Waals surface area (Å²) in [5.74, 6) is 0.308. The number of likely N-dealkylation sites (N-methyl/N-ethyl adjacent to an activating group) is 1. The van der Waals surface area contributed by atoms with E-state index in [0.29, 0.717) is 5.75 Å². The van der Waals surface area contributed by atoms with Gasteiger partial charge in [-0.25, -0.2) is 0 Å². The van der Waals surface area contributed by atoms with E-state index in [-0.39, 0.29) is 0 Å². The third-order valence-corrected chi connectivity index (χ3v) is 4.38. The largest absolute Gasteiger partial charge is 0.507 e. The minimum absolute atomic E-state index is 0.308. The third-order valence-electron chi connectivity index (χ3n) is 3.75. The predicted molar refractivity (Wildman–Crippen MR) is 86.1 cm³/mol. The van der Waals surface area contributed by atoms with Crippen LogP contribution < -0.4 is 0 Å². The highest BCUT2D eigenvalue weighted by atomic mass is 79.9. The van der Waals surface area contributed by atoms with Crippen LogP contribution in [-0.2, 0) is 6.54 Å². The van der Waals surface area contributed by atoms with Gasteiger partial charge in [0.2, 0.25) is 0 Å². The number of benzene rings is 1. The number of hydrogen-bond donors (Lipinski definition) is 1. The molecule has 0 unspecified atom stereocenters. The summed E-state index contributed by atoms with van der Waals surface area (Å²) in [5, 5.41) is 9.52. The summed E-state index contributed by atoms with van der Waals surface area (Å²) in [5.41, 5.74) is 1.25. The zero-order chi connectivity index (χ0) is 14.5. The lowest BCUT2D eigenvalue weighted by atomic mass is 10.2. The van der Waals surface area contributed by atoms with Gasteiger partial charge in [0, 0.05) is 45.8 Å². The molecule has 1 fully saturated rings. The Morgan fingerprint density at radius 2 is 1.80 bits per heavy atom. The van der Waals surface area contributed by atoms with Crippen molar-refractivity contribution in [3.05, 3.63) is 28.2 Å². The molecule has 1 saturated heterocycles. The van der Waals surface area contributed by atoms with Crippen LogP contribution in [0.25, 0.3) is 0 Å². The molecule has 112 valence electrons. The number of hydrogen-bond acceptors (Lipinski definition) is 4. The molecule has 20 heavy (non-hydrogen) atoms. The number of phenols is 1. The molecule has 0 saturated carbocycles. The van der Waals surface area contributed by atoms with Crippen molar-refractivity contribution >= 4 is 15.9 Å². The third kappa shape index (κ3) is 4.74. The first-order chi connectivity index (χ1) is 9.54. The normalized spacial score (nSPS) is 17.8. The van der Waals surface area contributed by atoms with Crippen LogP contribution in [0.4, 0.5) is 0 Å². The summed E-state index contributed by atoms with van der Waals surface area (Å²) >= 11 is 3.37. The van der Waals surface area contributed by atoms with Gasteiger partial charge in [0.05, 0.1) is 4.47 Å². The second-order valence-corrected chi connectivity index (χ2v) is 6.56. The number of phenolic OH excluding ortho intramolecular Hbond substituents is 1. The van der Waals surface area contributed by atoms with Gasteiger partial charge in [-0.05, 0) is 47.7 Å². The van der Waals surface area contributed by atoms with Crippen molar-refractivity contribution in [1.29, 1.82) is 0 Å². The molecule has 1 aliphatic rings. The minimum Gasteiger partial charge on any atom is -0.507 e. The highest BCUT2D eigenvalue weighted by Crippen LogP contribution is 2.25. The summed E-state index contributed by atoms with van der Waals surface area (Å²) in [6, 6.07) is 5.76. The van der Waals surface area contributed by atoms with Crippen LogP contribution in [0, 0.1) is 0 Å². The van der Waals surface area contributed by atoms with Gasteiger partial charge < -0.3 is 10.0 Å². The van der Waals surface area contributed by atoms with E-state index in [1.54, 1.807) is 6.07 Å². The molecule has 1 N–H and O–H groups in total. The molecule has 2 rings (SSSR count). The van der Waals surface area contributed by atoms with E-state index in [9.17, 15) is 5.11 Å². The van der Waals surface area contributed by atoms with E-state index in [2.05, 4.69) is 44.7 Å². The van der Waals surface area contributed by atoms with Gasteiger partial charge >= 0.3 is 0 Å². The Morgan fingerprint density at radius 3 is 2.40 bits per heavy atom. The molecule has 0 radical (unpaired) electrons. The van der Waals surface area contributed by atoms with Crippen LogP contribution in [0.3, 0.4) is 0 Å². The average molecular weight is 342 g/mol. The highest BCUT2D eigenvalue weighted by molar-refractivity contribution is 9.10. The van der Waals surface area contributed by atoms with Crippen molar-refractivity contribution in [1.82, 2.24) is 14.7 Å². The molecule has 5 heteroatoms. The van der Waals surface area contributed by atoms with Crippen LogP contribution in [0.1, 0.15) is 5.56 Å². The molecule has 1 aliphatic heterocycles. The fraction of sp³-hybridized carbons (Fsp3) is 0.600. The predicted octanol–water partition coefficient (Wildman–Crippen LogP) is 1.83. The molecule has 0 bridgehead atoms. The Labute approximate surface area is 130 Å². The van der Waals surface area contributed by atoms with Crippen LogP contribution in [0.2, 0.25) is 0 Å². The van der Waals surface area contributed by atoms with Crippen molar-refractivity contribution in [3.63, 3.8) is 0 Å². The van der Waals surface area contributed by atoms with Crippen LogP contribution in [0.5, 0.6) is 5.75 Å². The fourth-order valence-corrected chi connectivity index (χ4v) is 2.85. The van der Waals surface area contributed by atoms with Crippen molar-refractivity contribution in [3.8, 4) is 5.75 Å². The van der Waals surface area contributed by atoms with Crippen molar-refractivity contribution in [2.75, 3.05) is 53.4 Å². The Kier molecular flexibility index (Phi) is 5.84. The molecule has 0 aliphatic carbocycles. The number of piperazine rings is 1. The number of nitrogens with zero attached hydrogens (tertiary/aromatic N) is 3. The quantitative estimate of drug-likeness (QED) is 0.884. The Balaban J connectivity index is 1.77. The zero-order valence-corrected chi connectivity index (χ0v) is 13.9. The first-order valence-corrected chi connectivity index (χ1v) is 7.91. The summed E-state index contributed by atoms with van der Waals surface area (Å²) in [6.07, 6.45) is 0. The van der Waals surface area contributed by atoms with Gasteiger partial charge in [0.15, 0.2) is 0 Å². The van der Waals surface area contributed by atoms with E-state index in [0.717, 1.165) is 50.3 Å². The van der Waals surface area contributed by atoms with Crippen molar-refractivity contribution in [2.45, 2.75) is 6.54 Å². The van der Waals surface area contributed by atoms with Gasteiger partial charge in [0.25, 0.3) is 0 Å². The lowest BCUT2D eigenvalue weighted by molar-refractivity contribution is 0.120. The Hall–Kier alpha value is -0.620. The van der Waals surface area contributed by atoms with E-state index < -0.39 is 0 Å². The lowest BCUT2D eigenvalue weighted by Crippen LogP contribution is -2.47. The molecule has 1 aromatic rings. The fourth-order valence-electron chi connectivity index (χ4n) is 2.42. The van der Waals surface area contributed by atoms with Gasteiger partial charge in [-0.2, -0.15) is 0 Å². The molecule has 0 spiro atoms. The molecule has 4 nitrogen and oxygen atoms in total. The average Bonchev–Trinajstić information content (AvgIpc) is 2.42. The second-order valence-electron chi connectivity index (χ2n) is 5.71. The smallest absolute Gasteiger partial charge is 0.129 e. The molecule has 0 atom stereocenters. The summed E-state index contributed by atoms with van der Waals surface area (Å²) in [6.45, 7) is 7.77. The molecular weight excluding hydrogens is 318 g/mol. The van der Waals surface area contributed by atoms with E-state index >= 15 is 0 Å². The Morgan fingerprint density at radius 1 is 1.15 bits per heavy atom. The standard InChI is InChI=1S/C15H24BrN3O/c1-17(2)5-6-18-7-9-19(10-8-18)12-13-3-4-15(20)14(16)11-13/h3-4,11,20H,5-10,12H2,1-2H3. The second kappa shape index (κ2) is 7.41. The highest BCUT2D eigenvalue weighted by Gasteiger charge is 2.16. The minimum atomic E-state index is 0.308. The maximum absolute atomic E-state index is 9.52. The summed E-state index contributed by atoms with van der Waals surface area (Å²) in [7, 11) is 4.25. The van der Waals surface area contributed by atoms with Crippen LogP contribution in [-0.4, -0.2) is 73.2 Å². The molecular formula is C15H24BrN3O. The van der Waals surface area contributed by atoms with Gasteiger partial charge in [-0.3, -0.25) is 9.80 Å². The number of rotatable bonds is 5. The van der Waals surface area contributed by atoms with Crippen molar-refractivity contribution in [2.24, 2.45) is 0 Å². The summed E-state index contributed by atoms with van der Waals surface area (Å²) in [4.78, 5) is 7.24. The van der Waals surface area contributed by atoms with Crippen LogP contribution >= 0.6 is 15.9 Å². The Bertz CT molecular complexity index is 431. The maximum Gasteiger partial charge on any atom is 0.129 e. The number of aromatic hydroxyl groups is 1. The first-order valence-electron chi connectivity index (χ1n) is 7.11.